The van der Waals surface area contributed by atoms with Crippen molar-refractivity contribution in [2.75, 3.05) is 5.73 Å². The van der Waals surface area contributed by atoms with Crippen LogP contribution in [0.2, 0.25) is 10.0 Å². The van der Waals surface area contributed by atoms with Crippen LogP contribution >= 0.6 is 23.2 Å². The van der Waals surface area contributed by atoms with Crippen molar-refractivity contribution in [2.45, 2.75) is 20.0 Å². The minimum atomic E-state index is 0.407. The molecule has 0 radical (unpaired) electrons. The van der Waals surface area contributed by atoms with E-state index in [1.165, 1.54) is 0 Å². The average molecular weight is 296 g/mol. The Kier molecular flexibility index (Phi) is 4.56. The molecule has 0 aliphatic heterocycles. The van der Waals surface area contributed by atoms with Crippen LogP contribution in [0.25, 0.3) is 0 Å². The van der Waals surface area contributed by atoms with Crippen LogP contribution < -0.4 is 10.5 Å². The normalized spacial score (nSPS) is 10.5. The van der Waals surface area contributed by atoms with Gasteiger partial charge >= 0.3 is 0 Å². The number of halogens is 2. The van der Waals surface area contributed by atoms with Crippen LogP contribution in [0, 0.1) is 0 Å². The van der Waals surface area contributed by atoms with Crippen molar-refractivity contribution in [3.05, 3.63) is 57.6 Å². The number of rotatable bonds is 4. The van der Waals surface area contributed by atoms with E-state index in [2.05, 4.69) is 6.92 Å². The van der Waals surface area contributed by atoms with Crippen molar-refractivity contribution in [3.63, 3.8) is 0 Å². The van der Waals surface area contributed by atoms with Gasteiger partial charge in [0.2, 0.25) is 0 Å². The van der Waals surface area contributed by atoms with Gasteiger partial charge in [0, 0.05) is 21.3 Å². The highest BCUT2D eigenvalue weighted by molar-refractivity contribution is 6.31. The summed E-state index contributed by atoms with van der Waals surface area (Å²) < 4.78 is 5.73. The van der Waals surface area contributed by atoms with E-state index in [4.69, 9.17) is 33.7 Å². The van der Waals surface area contributed by atoms with E-state index in [1.807, 2.05) is 30.3 Å². The smallest absolute Gasteiger partial charge is 0.120 e. The van der Waals surface area contributed by atoms with E-state index in [9.17, 15) is 0 Å². The molecule has 2 aromatic rings. The molecule has 0 aromatic heterocycles. The highest BCUT2D eigenvalue weighted by Gasteiger charge is 2.04. The Hall–Kier alpha value is -1.38. The second-order valence-corrected chi connectivity index (χ2v) is 5.06. The molecule has 0 atom stereocenters. The van der Waals surface area contributed by atoms with Gasteiger partial charge in [-0.15, -0.1) is 0 Å². The number of hydrogen-bond acceptors (Lipinski definition) is 2. The fraction of sp³-hybridized carbons (Fsp3) is 0.200. The molecular weight excluding hydrogens is 281 g/mol. The zero-order chi connectivity index (χ0) is 13.8. The maximum Gasteiger partial charge on any atom is 0.120 e. The minimum Gasteiger partial charge on any atom is -0.489 e. The van der Waals surface area contributed by atoms with Gasteiger partial charge in [0.25, 0.3) is 0 Å². The summed E-state index contributed by atoms with van der Waals surface area (Å²) in [4.78, 5) is 0. The predicted molar refractivity (Wildman–Crippen MR) is 81.0 cm³/mol. The second kappa shape index (κ2) is 6.18. The van der Waals surface area contributed by atoms with Crippen molar-refractivity contribution in [2.24, 2.45) is 0 Å². The van der Waals surface area contributed by atoms with Crippen LogP contribution in [0.3, 0.4) is 0 Å². The van der Waals surface area contributed by atoms with Crippen LogP contribution in [0.1, 0.15) is 18.1 Å². The molecule has 0 spiro atoms. The molecule has 2 rings (SSSR count). The van der Waals surface area contributed by atoms with Crippen molar-refractivity contribution in [3.8, 4) is 5.75 Å². The van der Waals surface area contributed by atoms with Gasteiger partial charge in [-0.1, -0.05) is 36.2 Å². The van der Waals surface area contributed by atoms with E-state index >= 15 is 0 Å². The summed E-state index contributed by atoms with van der Waals surface area (Å²) in [7, 11) is 0. The number of ether oxygens (including phenoxy) is 1. The number of benzene rings is 2. The van der Waals surface area contributed by atoms with Gasteiger partial charge in [-0.25, -0.2) is 0 Å². The molecule has 0 bridgehead atoms. The molecule has 2 N–H and O–H groups in total. The fourth-order valence-corrected chi connectivity index (χ4v) is 2.25. The maximum atomic E-state index is 6.10. The van der Waals surface area contributed by atoms with Gasteiger partial charge in [0.1, 0.15) is 12.4 Å². The zero-order valence-corrected chi connectivity index (χ0v) is 12.1. The molecule has 4 heteroatoms. The number of anilines is 1. The fourth-order valence-electron chi connectivity index (χ4n) is 1.75. The summed E-state index contributed by atoms with van der Waals surface area (Å²) in [5.41, 5.74) is 8.27. The largest absolute Gasteiger partial charge is 0.489 e. The summed E-state index contributed by atoms with van der Waals surface area (Å²) in [6.45, 7) is 2.46. The van der Waals surface area contributed by atoms with Gasteiger partial charge in [-0.2, -0.15) is 0 Å². The Bertz CT molecular complexity index is 584. The molecule has 0 amide bonds. The Labute approximate surface area is 123 Å². The Morgan fingerprint density at radius 3 is 2.47 bits per heavy atom. The highest BCUT2D eigenvalue weighted by Crippen LogP contribution is 2.25. The van der Waals surface area contributed by atoms with E-state index in [0.717, 1.165) is 28.3 Å². The summed E-state index contributed by atoms with van der Waals surface area (Å²) in [6.07, 6.45) is 0.874. The molecule has 0 saturated carbocycles. The first-order valence-electron chi connectivity index (χ1n) is 6.05. The van der Waals surface area contributed by atoms with Crippen molar-refractivity contribution >= 4 is 28.9 Å². The molecule has 19 heavy (non-hydrogen) atoms. The lowest BCUT2D eigenvalue weighted by Gasteiger charge is -2.10. The van der Waals surface area contributed by atoms with Crippen LogP contribution in [0.4, 0.5) is 5.69 Å². The van der Waals surface area contributed by atoms with E-state index in [1.54, 1.807) is 6.07 Å². The summed E-state index contributed by atoms with van der Waals surface area (Å²) >= 11 is 12.2. The van der Waals surface area contributed by atoms with Gasteiger partial charge in [0.05, 0.1) is 0 Å². The maximum absolute atomic E-state index is 6.10. The number of hydrogen-bond donors (Lipinski definition) is 1. The second-order valence-electron chi connectivity index (χ2n) is 4.25. The molecule has 0 aliphatic carbocycles. The van der Waals surface area contributed by atoms with Gasteiger partial charge in [0.15, 0.2) is 0 Å². The third-order valence-electron chi connectivity index (χ3n) is 2.87. The van der Waals surface area contributed by atoms with Crippen molar-refractivity contribution < 1.29 is 4.74 Å². The van der Waals surface area contributed by atoms with Crippen molar-refractivity contribution in [1.82, 2.24) is 0 Å². The predicted octanol–water partition coefficient (Wildman–Crippen LogP) is 4.72. The van der Waals surface area contributed by atoms with E-state index in [0.29, 0.717) is 17.3 Å². The Balaban J connectivity index is 2.10. The molecular formula is C15H15Cl2NO. The molecule has 0 aliphatic rings. The Morgan fingerprint density at radius 1 is 1.00 bits per heavy atom. The first-order valence-corrected chi connectivity index (χ1v) is 6.81. The molecule has 0 heterocycles. The topological polar surface area (TPSA) is 35.2 Å². The van der Waals surface area contributed by atoms with Crippen LogP contribution in [0.15, 0.2) is 36.4 Å². The van der Waals surface area contributed by atoms with Crippen LogP contribution in [0.5, 0.6) is 5.75 Å². The summed E-state index contributed by atoms with van der Waals surface area (Å²) in [5, 5.41) is 1.38. The SMILES string of the molecule is CCc1cc(OCc2ccc(N)cc2Cl)ccc1Cl. The Morgan fingerprint density at radius 2 is 1.79 bits per heavy atom. The first kappa shape index (κ1) is 14.0. The average Bonchev–Trinajstić information content (AvgIpc) is 2.39. The van der Waals surface area contributed by atoms with E-state index in [-0.39, 0.29) is 0 Å². The molecule has 0 saturated heterocycles. The molecule has 2 nitrogen and oxygen atoms in total. The third-order valence-corrected chi connectivity index (χ3v) is 3.59. The molecule has 0 fully saturated rings. The van der Waals surface area contributed by atoms with E-state index < -0.39 is 0 Å². The molecule has 100 valence electrons. The number of nitrogen functional groups attached to an aromatic ring is 1. The standard InChI is InChI=1S/C15H15Cl2NO/c1-2-10-7-13(5-6-14(10)16)19-9-11-3-4-12(18)8-15(11)17/h3-8H,2,9,18H2,1H3. The lowest BCUT2D eigenvalue weighted by molar-refractivity contribution is 0.306. The van der Waals surface area contributed by atoms with Gasteiger partial charge < -0.3 is 10.5 Å². The third kappa shape index (κ3) is 3.55. The number of aryl methyl sites for hydroxylation is 1. The summed E-state index contributed by atoms with van der Waals surface area (Å²) in [6, 6.07) is 11.1. The monoisotopic (exact) mass is 295 g/mol. The van der Waals surface area contributed by atoms with Crippen LogP contribution in [-0.4, -0.2) is 0 Å². The quantitative estimate of drug-likeness (QED) is 0.829. The zero-order valence-electron chi connectivity index (χ0n) is 10.6. The van der Waals surface area contributed by atoms with Crippen molar-refractivity contribution in [1.29, 1.82) is 0 Å². The van der Waals surface area contributed by atoms with Crippen LogP contribution in [-0.2, 0) is 13.0 Å². The lowest BCUT2D eigenvalue weighted by atomic mass is 10.1. The highest BCUT2D eigenvalue weighted by atomic mass is 35.5. The summed E-state index contributed by atoms with van der Waals surface area (Å²) in [5.74, 6) is 0.786. The minimum absolute atomic E-state index is 0.407. The lowest BCUT2D eigenvalue weighted by Crippen LogP contribution is -1.98. The first-order chi connectivity index (χ1) is 9.10. The number of nitrogens with two attached hydrogens (primary N) is 1. The van der Waals surface area contributed by atoms with Gasteiger partial charge in [-0.05, 0) is 42.3 Å². The molecule has 0 unspecified atom stereocenters. The molecule has 2 aromatic carbocycles. The van der Waals surface area contributed by atoms with Gasteiger partial charge in [-0.3, -0.25) is 0 Å².